The minimum absolute atomic E-state index is 0.119. The van der Waals surface area contributed by atoms with Crippen LogP contribution in [-0.2, 0) is 13.0 Å². The molecule has 1 heterocycles. The van der Waals surface area contributed by atoms with Gasteiger partial charge in [0.15, 0.2) is 0 Å². The van der Waals surface area contributed by atoms with Crippen LogP contribution in [0.4, 0.5) is 5.69 Å². The smallest absolute Gasteiger partial charge is 0.269 e. The molecule has 0 spiro atoms. The molecule has 1 aromatic carbocycles. The molecule has 2 rings (SSSR count). The zero-order valence-electron chi connectivity index (χ0n) is 11.5. The Morgan fingerprint density at radius 2 is 2.10 bits per heavy atom. The normalized spacial score (nSPS) is 12.3. The zero-order valence-corrected chi connectivity index (χ0v) is 12.3. The molecule has 0 bridgehead atoms. The van der Waals surface area contributed by atoms with Crippen LogP contribution in [0.1, 0.15) is 35.3 Å². The number of rotatable bonds is 6. The summed E-state index contributed by atoms with van der Waals surface area (Å²) < 4.78 is 0. The summed E-state index contributed by atoms with van der Waals surface area (Å²) in [6, 6.07) is 6.77. The summed E-state index contributed by atoms with van der Waals surface area (Å²) >= 11 is 1.71. The van der Waals surface area contributed by atoms with Crippen LogP contribution in [0.15, 0.2) is 30.5 Å². The fourth-order valence-corrected chi connectivity index (χ4v) is 2.65. The summed E-state index contributed by atoms with van der Waals surface area (Å²) in [5, 5.41) is 15.1. The van der Waals surface area contributed by atoms with Crippen molar-refractivity contribution in [2.45, 2.75) is 32.9 Å². The van der Waals surface area contributed by atoms with Gasteiger partial charge in [-0.05, 0) is 18.9 Å². The Balaban J connectivity index is 1.94. The molecule has 1 unspecified atom stereocenters. The number of nitro groups is 1. The number of aryl methyl sites for hydroxylation is 1. The number of thiazole rings is 1. The van der Waals surface area contributed by atoms with E-state index in [4.69, 9.17) is 0 Å². The van der Waals surface area contributed by atoms with Crippen molar-refractivity contribution in [1.82, 2.24) is 10.3 Å². The molecule has 2 aromatic rings. The molecule has 0 radical (unpaired) electrons. The molecule has 0 fully saturated rings. The molecule has 6 heteroatoms. The van der Waals surface area contributed by atoms with Crippen molar-refractivity contribution in [2.24, 2.45) is 0 Å². The fourth-order valence-electron chi connectivity index (χ4n) is 1.84. The highest BCUT2D eigenvalue weighted by molar-refractivity contribution is 7.11. The van der Waals surface area contributed by atoms with Crippen LogP contribution < -0.4 is 5.32 Å². The van der Waals surface area contributed by atoms with E-state index in [9.17, 15) is 10.1 Å². The fraction of sp³-hybridized carbons (Fsp3) is 0.357. The topological polar surface area (TPSA) is 68.1 Å². The Bertz CT molecular complexity index is 580. The van der Waals surface area contributed by atoms with Crippen LogP contribution in [0.25, 0.3) is 0 Å². The van der Waals surface area contributed by atoms with E-state index < -0.39 is 0 Å². The SMILES string of the molecule is CCc1cnc(CNC(C)c2ccc([N+](=O)[O-])cc2)s1. The maximum atomic E-state index is 10.6. The molecule has 0 saturated carbocycles. The van der Waals surface area contributed by atoms with Gasteiger partial charge in [0.05, 0.1) is 4.92 Å². The number of nitro benzene ring substituents is 1. The molecule has 20 heavy (non-hydrogen) atoms. The largest absolute Gasteiger partial charge is 0.304 e. The quantitative estimate of drug-likeness (QED) is 0.653. The highest BCUT2D eigenvalue weighted by atomic mass is 32.1. The molecular weight excluding hydrogens is 274 g/mol. The average Bonchev–Trinajstić information content (AvgIpc) is 2.93. The number of nitrogens with zero attached hydrogens (tertiary/aromatic N) is 2. The third kappa shape index (κ3) is 3.61. The molecule has 0 saturated heterocycles. The van der Waals surface area contributed by atoms with E-state index in [1.165, 1.54) is 17.0 Å². The Morgan fingerprint density at radius 1 is 1.40 bits per heavy atom. The zero-order chi connectivity index (χ0) is 14.5. The van der Waals surface area contributed by atoms with Crippen LogP contribution in [0.2, 0.25) is 0 Å². The molecule has 1 N–H and O–H groups in total. The number of hydrogen-bond acceptors (Lipinski definition) is 5. The first-order valence-electron chi connectivity index (χ1n) is 6.51. The lowest BCUT2D eigenvalue weighted by atomic mass is 10.1. The van der Waals surface area contributed by atoms with Gasteiger partial charge in [0.2, 0.25) is 0 Å². The second kappa shape index (κ2) is 6.58. The van der Waals surface area contributed by atoms with Gasteiger partial charge in [-0.3, -0.25) is 10.1 Å². The summed E-state index contributed by atoms with van der Waals surface area (Å²) in [6.45, 7) is 4.86. The number of aromatic nitrogens is 1. The maximum Gasteiger partial charge on any atom is 0.269 e. The molecule has 1 atom stereocenters. The van der Waals surface area contributed by atoms with Crippen molar-refractivity contribution in [1.29, 1.82) is 0 Å². The van der Waals surface area contributed by atoms with Crippen molar-refractivity contribution in [3.05, 3.63) is 56.0 Å². The first-order chi connectivity index (χ1) is 9.60. The average molecular weight is 291 g/mol. The van der Waals surface area contributed by atoms with Gasteiger partial charge in [0.1, 0.15) is 5.01 Å². The minimum atomic E-state index is -0.385. The second-order valence-electron chi connectivity index (χ2n) is 4.53. The second-order valence-corrected chi connectivity index (χ2v) is 5.72. The van der Waals surface area contributed by atoms with Crippen molar-refractivity contribution >= 4 is 17.0 Å². The van der Waals surface area contributed by atoms with Gasteiger partial charge in [0.25, 0.3) is 5.69 Å². The first-order valence-corrected chi connectivity index (χ1v) is 7.33. The highest BCUT2D eigenvalue weighted by Gasteiger charge is 2.09. The molecule has 1 aromatic heterocycles. The van der Waals surface area contributed by atoms with Gasteiger partial charge < -0.3 is 5.32 Å². The first kappa shape index (κ1) is 14.6. The lowest BCUT2D eigenvalue weighted by Crippen LogP contribution is -2.17. The Kier molecular flexibility index (Phi) is 4.81. The number of nitrogens with one attached hydrogen (secondary N) is 1. The number of hydrogen-bond donors (Lipinski definition) is 1. The molecule has 106 valence electrons. The van der Waals surface area contributed by atoms with Gasteiger partial charge in [-0.15, -0.1) is 11.3 Å². The summed E-state index contributed by atoms with van der Waals surface area (Å²) in [5.41, 5.74) is 1.15. The van der Waals surface area contributed by atoms with Crippen molar-refractivity contribution in [2.75, 3.05) is 0 Å². The maximum absolute atomic E-state index is 10.6. The third-order valence-electron chi connectivity index (χ3n) is 3.11. The van der Waals surface area contributed by atoms with E-state index >= 15 is 0 Å². The summed E-state index contributed by atoms with van der Waals surface area (Å²) in [6.07, 6.45) is 2.92. The van der Waals surface area contributed by atoms with Crippen molar-refractivity contribution in [3.63, 3.8) is 0 Å². The standard InChI is InChI=1S/C14H17N3O2S/c1-3-13-8-16-14(20-13)9-15-10(2)11-4-6-12(7-5-11)17(18)19/h4-8,10,15H,3,9H2,1-2H3. The van der Waals surface area contributed by atoms with E-state index in [2.05, 4.69) is 17.2 Å². The number of benzene rings is 1. The molecule has 0 aliphatic carbocycles. The van der Waals surface area contributed by atoms with Gasteiger partial charge in [-0.25, -0.2) is 4.98 Å². The van der Waals surface area contributed by atoms with E-state index in [1.54, 1.807) is 23.5 Å². The van der Waals surface area contributed by atoms with E-state index in [-0.39, 0.29) is 16.7 Å². The van der Waals surface area contributed by atoms with Gasteiger partial charge in [-0.2, -0.15) is 0 Å². The summed E-state index contributed by atoms with van der Waals surface area (Å²) in [4.78, 5) is 15.9. The lowest BCUT2D eigenvalue weighted by molar-refractivity contribution is -0.384. The molecule has 0 aliphatic heterocycles. The van der Waals surface area contributed by atoms with E-state index in [0.717, 1.165) is 17.0 Å². The molecule has 5 nitrogen and oxygen atoms in total. The van der Waals surface area contributed by atoms with E-state index in [0.29, 0.717) is 6.54 Å². The van der Waals surface area contributed by atoms with Gasteiger partial charge in [-0.1, -0.05) is 19.1 Å². The predicted octanol–water partition coefficient (Wildman–Crippen LogP) is 3.46. The van der Waals surface area contributed by atoms with Crippen LogP contribution in [0.5, 0.6) is 0 Å². The van der Waals surface area contributed by atoms with Crippen LogP contribution in [0.3, 0.4) is 0 Å². The molecule has 0 aliphatic rings. The third-order valence-corrected chi connectivity index (χ3v) is 4.25. The summed E-state index contributed by atoms with van der Waals surface area (Å²) in [5.74, 6) is 0. The van der Waals surface area contributed by atoms with Crippen LogP contribution in [-0.4, -0.2) is 9.91 Å². The summed E-state index contributed by atoms with van der Waals surface area (Å²) in [7, 11) is 0. The molecular formula is C14H17N3O2S. The van der Waals surface area contributed by atoms with Gasteiger partial charge in [0, 0.05) is 35.8 Å². The predicted molar refractivity (Wildman–Crippen MR) is 79.8 cm³/mol. The van der Waals surface area contributed by atoms with Crippen LogP contribution >= 0.6 is 11.3 Å². The van der Waals surface area contributed by atoms with Gasteiger partial charge >= 0.3 is 0 Å². The van der Waals surface area contributed by atoms with Crippen molar-refractivity contribution < 1.29 is 4.92 Å². The Morgan fingerprint density at radius 3 is 2.65 bits per heavy atom. The van der Waals surface area contributed by atoms with Crippen molar-refractivity contribution in [3.8, 4) is 0 Å². The lowest BCUT2D eigenvalue weighted by Gasteiger charge is -2.12. The number of non-ortho nitro benzene ring substituents is 1. The minimum Gasteiger partial charge on any atom is -0.304 e. The monoisotopic (exact) mass is 291 g/mol. The Labute approximate surface area is 121 Å². The Hall–Kier alpha value is -1.79. The highest BCUT2D eigenvalue weighted by Crippen LogP contribution is 2.19. The van der Waals surface area contributed by atoms with E-state index in [1.807, 2.05) is 13.1 Å². The van der Waals surface area contributed by atoms with Crippen LogP contribution in [0, 0.1) is 10.1 Å². The molecule has 0 amide bonds.